The summed E-state index contributed by atoms with van der Waals surface area (Å²) in [5.41, 5.74) is 0. The molecular formula is C52H99NO8. The average molecular weight is 866 g/mol. The lowest BCUT2D eigenvalue weighted by atomic mass is 9.99. The first kappa shape index (κ1) is 56.1. The fourth-order valence-corrected chi connectivity index (χ4v) is 8.80. The molecule has 0 spiro atoms. The van der Waals surface area contributed by atoms with E-state index in [1.807, 2.05) is 7.11 Å². The summed E-state index contributed by atoms with van der Waals surface area (Å²) in [6.07, 6.45) is 41.2. The molecule has 0 aromatic heterocycles. The van der Waals surface area contributed by atoms with Crippen LogP contribution in [-0.4, -0.2) is 96.0 Å². The van der Waals surface area contributed by atoms with Gasteiger partial charge in [0.15, 0.2) is 6.29 Å². The molecule has 2 aliphatic heterocycles. The lowest BCUT2D eigenvalue weighted by Crippen LogP contribution is -2.59. The first-order chi connectivity index (χ1) is 30.0. The molecule has 0 aromatic carbocycles. The summed E-state index contributed by atoms with van der Waals surface area (Å²) in [4.78, 5) is 13.6. The van der Waals surface area contributed by atoms with Crippen LogP contribution in [0.15, 0.2) is 12.2 Å². The minimum absolute atomic E-state index is 0.0349. The van der Waals surface area contributed by atoms with Crippen LogP contribution in [0.1, 0.15) is 226 Å². The van der Waals surface area contributed by atoms with Crippen LogP contribution in [0.3, 0.4) is 0 Å². The normalized spacial score (nSPS) is 22.6. The van der Waals surface area contributed by atoms with Crippen LogP contribution in [0, 0.1) is 0 Å². The molecule has 1 amide bonds. The van der Waals surface area contributed by atoms with Gasteiger partial charge in [0, 0.05) is 53.3 Å². The maximum Gasteiger partial charge on any atom is 0.220 e. The Balaban J connectivity index is 1.89. The van der Waals surface area contributed by atoms with E-state index >= 15 is 0 Å². The summed E-state index contributed by atoms with van der Waals surface area (Å²) in [7, 11) is 3.51. The second-order valence-electron chi connectivity index (χ2n) is 18.3. The second kappa shape index (κ2) is 40.4. The van der Waals surface area contributed by atoms with E-state index in [-0.39, 0.29) is 36.4 Å². The van der Waals surface area contributed by atoms with E-state index in [0.717, 1.165) is 51.6 Å². The van der Waals surface area contributed by atoms with Crippen LogP contribution in [0.2, 0.25) is 0 Å². The third kappa shape index (κ3) is 29.9. The first-order valence-corrected chi connectivity index (χ1v) is 26.1. The van der Waals surface area contributed by atoms with Crippen molar-refractivity contribution in [3.8, 4) is 0 Å². The molecule has 2 heterocycles. The Bertz CT molecular complexity index is 998. The molecule has 0 saturated carbocycles. The number of allylic oxidation sites excluding steroid dienone is 2. The fraction of sp³-hybridized carbons (Fsp3) is 0.942. The third-order valence-electron chi connectivity index (χ3n) is 12.7. The van der Waals surface area contributed by atoms with Gasteiger partial charge >= 0.3 is 0 Å². The van der Waals surface area contributed by atoms with Gasteiger partial charge in [-0.1, -0.05) is 161 Å². The van der Waals surface area contributed by atoms with E-state index in [2.05, 4.69) is 38.2 Å². The van der Waals surface area contributed by atoms with Crippen molar-refractivity contribution in [2.24, 2.45) is 0 Å². The zero-order chi connectivity index (χ0) is 43.9. The van der Waals surface area contributed by atoms with Gasteiger partial charge in [0.05, 0.1) is 43.7 Å². The second-order valence-corrected chi connectivity index (χ2v) is 18.3. The molecule has 9 nitrogen and oxygen atoms in total. The molecule has 1 N–H and O–H groups in total. The van der Waals surface area contributed by atoms with E-state index in [9.17, 15) is 4.79 Å². The minimum Gasteiger partial charge on any atom is -0.382 e. The number of hydrogen-bond donors (Lipinski definition) is 1. The zero-order valence-electron chi connectivity index (χ0n) is 40.6. The van der Waals surface area contributed by atoms with Crippen LogP contribution >= 0.6 is 0 Å². The van der Waals surface area contributed by atoms with Crippen LogP contribution in [-0.2, 0) is 38.0 Å². The number of methoxy groups -OCH3 is 2. The molecular weight excluding hydrogens is 767 g/mol. The van der Waals surface area contributed by atoms with Gasteiger partial charge in [-0.05, 0) is 57.8 Å². The molecule has 9 heteroatoms. The van der Waals surface area contributed by atoms with Crippen LogP contribution < -0.4 is 5.32 Å². The van der Waals surface area contributed by atoms with Gasteiger partial charge in [0.25, 0.3) is 0 Å². The predicted molar refractivity (Wildman–Crippen MR) is 252 cm³/mol. The van der Waals surface area contributed by atoms with Crippen LogP contribution in [0.4, 0.5) is 0 Å². The van der Waals surface area contributed by atoms with Crippen molar-refractivity contribution in [3.05, 3.63) is 12.2 Å². The SMILES string of the molecule is CCCCCC/C=C\CCCCCCCCCC(=O)N[C@H]1[C@H](OC[C@@H]2C[C@H](OCCCCCCCCCC)CCO2)OC(COC)C[C@@H]1OCC[C@@H](CCCCCCC)OC. The number of carbonyl (C=O) groups excluding carboxylic acids is 1. The number of rotatable bonds is 42. The van der Waals surface area contributed by atoms with Crippen molar-refractivity contribution >= 4 is 5.91 Å². The Morgan fingerprint density at radius 3 is 1.85 bits per heavy atom. The maximum atomic E-state index is 13.6. The third-order valence-corrected chi connectivity index (χ3v) is 12.7. The van der Waals surface area contributed by atoms with Crippen LogP contribution in [0.5, 0.6) is 0 Å². The van der Waals surface area contributed by atoms with Gasteiger partial charge in [-0.3, -0.25) is 4.79 Å². The minimum atomic E-state index is -0.669. The van der Waals surface area contributed by atoms with Gasteiger partial charge < -0.3 is 38.5 Å². The number of ether oxygens (including phenoxy) is 7. The molecule has 0 radical (unpaired) electrons. The van der Waals surface area contributed by atoms with E-state index in [4.69, 9.17) is 33.2 Å². The number of carbonyl (C=O) groups is 1. The van der Waals surface area contributed by atoms with Gasteiger partial charge in [-0.15, -0.1) is 0 Å². The topological polar surface area (TPSA) is 93.7 Å². The number of hydrogen-bond acceptors (Lipinski definition) is 8. The van der Waals surface area contributed by atoms with Crippen molar-refractivity contribution in [2.45, 2.75) is 269 Å². The molecule has 0 aliphatic carbocycles. The van der Waals surface area contributed by atoms with Crippen molar-refractivity contribution in [2.75, 3.05) is 47.3 Å². The molecule has 7 atom stereocenters. The Labute approximate surface area is 376 Å². The summed E-state index contributed by atoms with van der Waals surface area (Å²) in [6.45, 7) is 9.62. The summed E-state index contributed by atoms with van der Waals surface area (Å²) in [5, 5.41) is 3.33. The Kier molecular flexibility index (Phi) is 37.2. The predicted octanol–water partition coefficient (Wildman–Crippen LogP) is 13.1. The van der Waals surface area contributed by atoms with Crippen molar-refractivity contribution < 1.29 is 38.0 Å². The molecule has 1 unspecified atom stereocenters. The van der Waals surface area contributed by atoms with Gasteiger partial charge in [-0.2, -0.15) is 0 Å². The van der Waals surface area contributed by atoms with Crippen LogP contribution in [0.25, 0.3) is 0 Å². The van der Waals surface area contributed by atoms with Crippen molar-refractivity contribution in [1.82, 2.24) is 5.32 Å². The van der Waals surface area contributed by atoms with Gasteiger partial charge in [0.1, 0.15) is 6.04 Å². The Hall–Kier alpha value is -1.07. The lowest BCUT2D eigenvalue weighted by Gasteiger charge is -2.42. The average Bonchev–Trinajstić information content (AvgIpc) is 3.26. The van der Waals surface area contributed by atoms with Crippen molar-refractivity contribution in [3.63, 3.8) is 0 Å². The molecule has 0 bridgehead atoms. The summed E-state index contributed by atoms with van der Waals surface area (Å²) in [5.74, 6) is 0.0349. The standard InChI is InChI=1S/C52H99NO8/c1-6-9-12-15-17-19-20-21-22-23-24-25-26-29-32-35-50(54)53-51-49(59-40-36-45(56-5)34-31-28-14-11-8-3)42-48(43-55-4)61-52(51)60-44-47-41-46(37-39-58-47)57-38-33-30-27-18-16-13-10-7-2/h19-20,45-49,51-52H,6-18,21-44H2,1-5H3,(H,53,54)/b20-19-/t45-,46-,47+,48?,49+,51-,52-/m1/s1. The maximum absolute atomic E-state index is 13.6. The number of unbranched alkanes of at least 4 members (excludes halogenated alkanes) is 22. The molecule has 2 saturated heterocycles. The Morgan fingerprint density at radius 2 is 1.21 bits per heavy atom. The first-order valence-electron chi connectivity index (χ1n) is 26.1. The highest BCUT2D eigenvalue weighted by molar-refractivity contribution is 5.76. The molecule has 360 valence electrons. The zero-order valence-corrected chi connectivity index (χ0v) is 40.6. The number of nitrogens with one attached hydrogen (secondary N) is 1. The van der Waals surface area contributed by atoms with Gasteiger partial charge in [-0.25, -0.2) is 0 Å². The summed E-state index contributed by atoms with van der Waals surface area (Å²) < 4.78 is 43.7. The highest BCUT2D eigenvalue weighted by Crippen LogP contribution is 2.27. The molecule has 2 fully saturated rings. The van der Waals surface area contributed by atoms with Crippen molar-refractivity contribution in [1.29, 1.82) is 0 Å². The summed E-state index contributed by atoms with van der Waals surface area (Å²) >= 11 is 0. The van der Waals surface area contributed by atoms with E-state index in [1.165, 1.54) is 148 Å². The molecule has 2 aliphatic rings. The quantitative estimate of drug-likeness (QED) is 0.0479. The molecule has 2 rings (SSSR count). The smallest absolute Gasteiger partial charge is 0.220 e. The molecule has 0 aromatic rings. The van der Waals surface area contributed by atoms with E-state index < -0.39 is 12.3 Å². The monoisotopic (exact) mass is 866 g/mol. The van der Waals surface area contributed by atoms with E-state index in [1.54, 1.807) is 7.11 Å². The number of amides is 1. The largest absolute Gasteiger partial charge is 0.382 e. The fourth-order valence-electron chi connectivity index (χ4n) is 8.80. The summed E-state index contributed by atoms with van der Waals surface area (Å²) in [6, 6.07) is -0.432. The van der Waals surface area contributed by atoms with Gasteiger partial charge in [0.2, 0.25) is 5.91 Å². The Morgan fingerprint density at radius 1 is 0.623 bits per heavy atom. The highest BCUT2D eigenvalue weighted by Gasteiger charge is 2.42. The highest BCUT2D eigenvalue weighted by atomic mass is 16.7. The lowest BCUT2D eigenvalue weighted by molar-refractivity contribution is -0.254. The molecule has 61 heavy (non-hydrogen) atoms. The van der Waals surface area contributed by atoms with E-state index in [0.29, 0.717) is 39.3 Å².